The largest absolute Gasteiger partial charge is 2.00 e. The quantitative estimate of drug-likeness (QED) is 0.165. The first-order chi connectivity index (χ1) is 24.2. The number of nitrogens with zero attached hydrogens (tertiary/aromatic N) is 7. The molecule has 0 N–H and O–H groups in total. The molecule has 7 aromatic rings. The van der Waals surface area contributed by atoms with Crippen LogP contribution in [0.3, 0.4) is 0 Å². The SMILES string of the molecule is Brc1ccc(-c2c3nc(c(-c4ccncc4)c4ccc([n-]4)c(-c4ccncc4)c4nc(c(-c5ccncc5)c5ccc2[n-]5)C=C4)C=C3)cc1.[Zn+2]. The van der Waals surface area contributed by atoms with Gasteiger partial charge in [0.15, 0.2) is 0 Å². The van der Waals surface area contributed by atoms with Crippen molar-refractivity contribution in [2.45, 2.75) is 0 Å². The molecule has 8 bridgehead atoms. The molecule has 0 atom stereocenters. The smallest absolute Gasteiger partial charge is 0.657 e. The fourth-order valence-corrected chi connectivity index (χ4v) is 6.71. The number of aromatic nitrogens is 7. The molecular formula is C41H24BrN7Zn. The van der Waals surface area contributed by atoms with Crippen LogP contribution in [0.15, 0.2) is 127 Å². The number of hydrogen-bond donors (Lipinski definition) is 0. The van der Waals surface area contributed by atoms with Crippen molar-refractivity contribution in [3.63, 3.8) is 0 Å². The molecule has 2 aliphatic heterocycles. The van der Waals surface area contributed by atoms with Crippen LogP contribution in [0.2, 0.25) is 0 Å². The Bertz CT molecular complexity index is 2560. The van der Waals surface area contributed by atoms with Crippen molar-refractivity contribution in [3.8, 4) is 44.5 Å². The summed E-state index contributed by atoms with van der Waals surface area (Å²) < 4.78 is 0.998. The molecule has 6 aromatic heterocycles. The van der Waals surface area contributed by atoms with Crippen LogP contribution in [-0.2, 0) is 19.5 Å². The summed E-state index contributed by atoms with van der Waals surface area (Å²) in [6.07, 6.45) is 19.0. The second-order valence-corrected chi connectivity index (χ2v) is 12.5. The zero-order valence-corrected chi connectivity index (χ0v) is 31.1. The minimum atomic E-state index is 0. The Labute approximate surface area is 308 Å². The van der Waals surface area contributed by atoms with Gasteiger partial charge in [0.2, 0.25) is 0 Å². The van der Waals surface area contributed by atoms with Crippen molar-refractivity contribution in [2.75, 3.05) is 0 Å². The molecule has 7 nitrogen and oxygen atoms in total. The van der Waals surface area contributed by atoms with Crippen molar-refractivity contribution in [1.82, 2.24) is 34.9 Å². The standard InChI is InChI=1S/C41H24BrN7.Zn/c42-29-3-1-25(2-4-29)38-30-5-7-32(46-30)39(26-13-19-43-20-14-26)34-9-11-36(48-34)41(28-17-23-45-24-18-28)37-12-10-35(49-37)40(27-15-21-44-22-16-27)33-8-6-31(38)47-33;/h1-24H;/q-2;+2. The van der Waals surface area contributed by atoms with Crippen LogP contribution in [-0.4, -0.2) is 24.9 Å². The minimum absolute atomic E-state index is 0. The summed E-state index contributed by atoms with van der Waals surface area (Å²) in [4.78, 5) is 33.9. The van der Waals surface area contributed by atoms with Gasteiger partial charge in [0.1, 0.15) is 0 Å². The number of halogens is 1. The van der Waals surface area contributed by atoms with Crippen LogP contribution in [0.5, 0.6) is 0 Å². The van der Waals surface area contributed by atoms with E-state index in [1.165, 1.54) is 0 Å². The van der Waals surface area contributed by atoms with Gasteiger partial charge >= 0.3 is 19.5 Å². The van der Waals surface area contributed by atoms with Crippen LogP contribution in [0.1, 0.15) is 22.8 Å². The molecule has 9 heteroatoms. The summed E-state index contributed by atoms with van der Waals surface area (Å²) in [7, 11) is 0. The van der Waals surface area contributed by atoms with E-state index >= 15 is 0 Å². The molecule has 0 aliphatic carbocycles. The second kappa shape index (κ2) is 13.4. The molecule has 0 radical (unpaired) electrons. The monoisotopic (exact) mass is 757 g/mol. The molecule has 9 rings (SSSR count). The van der Waals surface area contributed by atoms with Gasteiger partial charge in [0.25, 0.3) is 0 Å². The minimum Gasteiger partial charge on any atom is -0.657 e. The van der Waals surface area contributed by atoms with Crippen LogP contribution in [0.4, 0.5) is 0 Å². The normalized spacial score (nSPS) is 11.8. The van der Waals surface area contributed by atoms with Gasteiger partial charge < -0.3 is 9.97 Å². The maximum absolute atomic E-state index is 5.28. The first-order valence-electron chi connectivity index (χ1n) is 15.7. The molecule has 50 heavy (non-hydrogen) atoms. The number of benzene rings is 1. The number of fused-ring (bicyclic) bond motifs is 8. The van der Waals surface area contributed by atoms with E-state index in [2.05, 4.69) is 91.6 Å². The van der Waals surface area contributed by atoms with Gasteiger partial charge in [-0.15, -0.1) is 22.1 Å². The van der Waals surface area contributed by atoms with Crippen LogP contribution >= 0.6 is 15.9 Å². The van der Waals surface area contributed by atoms with E-state index in [1.807, 2.05) is 48.5 Å². The van der Waals surface area contributed by atoms with Crippen LogP contribution in [0, 0.1) is 0 Å². The fraction of sp³-hybridized carbons (Fsp3) is 0. The van der Waals surface area contributed by atoms with E-state index in [9.17, 15) is 0 Å². The third-order valence-electron chi connectivity index (χ3n) is 8.65. The van der Waals surface area contributed by atoms with Gasteiger partial charge in [0.05, 0.1) is 22.8 Å². The maximum atomic E-state index is 5.28. The maximum Gasteiger partial charge on any atom is 2.00 e. The number of rotatable bonds is 4. The zero-order chi connectivity index (χ0) is 32.7. The summed E-state index contributed by atoms with van der Waals surface area (Å²) in [5.74, 6) is 0. The van der Waals surface area contributed by atoms with Crippen molar-refractivity contribution >= 4 is 62.3 Å². The molecule has 0 amide bonds. The molecule has 0 saturated heterocycles. The Balaban J connectivity index is 0.00000361. The molecule has 232 valence electrons. The summed E-state index contributed by atoms with van der Waals surface area (Å²) >= 11 is 3.60. The molecule has 0 unspecified atom stereocenters. The van der Waals surface area contributed by atoms with Gasteiger partial charge in [-0.25, -0.2) is 9.97 Å². The average Bonchev–Trinajstić information content (AvgIpc) is 3.98. The van der Waals surface area contributed by atoms with E-state index in [0.717, 1.165) is 93.8 Å². The van der Waals surface area contributed by atoms with E-state index < -0.39 is 0 Å². The predicted octanol–water partition coefficient (Wildman–Crippen LogP) is 9.53. The molecule has 1 aromatic carbocycles. The van der Waals surface area contributed by atoms with Crippen molar-refractivity contribution in [1.29, 1.82) is 0 Å². The Kier molecular flexibility index (Phi) is 8.45. The van der Waals surface area contributed by atoms with Crippen molar-refractivity contribution < 1.29 is 19.5 Å². The Morgan fingerprint density at radius 2 is 0.640 bits per heavy atom. The van der Waals surface area contributed by atoms with Crippen molar-refractivity contribution in [3.05, 3.63) is 149 Å². The van der Waals surface area contributed by atoms with Gasteiger partial charge in [-0.2, -0.15) is 0 Å². The van der Waals surface area contributed by atoms with Gasteiger partial charge in [-0.1, -0.05) is 52.3 Å². The first kappa shape index (κ1) is 31.6. The molecular weight excluding hydrogens is 736 g/mol. The fourth-order valence-electron chi connectivity index (χ4n) is 6.44. The zero-order valence-electron chi connectivity index (χ0n) is 26.6. The van der Waals surface area contributed by atoms with Crippen molar-refractivity contribution in [2.24, 2.45) is 0 Å². The molecule has 2 aliphatic rings. The summed E-state index contributed by atoms with van der Waals surface area (Å²) in [5, 5.41) is 0. The third-order valence-corrected chi connectivity index (χ3v) is 9.18. The van der Waals surface area contributed by atoms with E-state index in [1.54, 1.807) is 37.2 Å². The second-order valence-electron chi connectivity index (χ2n) is 11.6. The van der Waals surface area contributed by atoms with Gasteiger partial charge in [-0.05, 0) is 117 Å². The summed E-state index contributed by atoms with van der Waals surface area (Å²) in [5.41, 5.74) is 14.1. The Morgan fingerprint density at radius 1 is 0.360 bits per heavy atom. The molecule has 0 fully saturated rings. The van der Waals surface area contributed by atoms with E-state index in [0.29, 0.717) is 0 Å². The van der Waals surface area contributed by atoms with Gasteiger partial charge in [0, 0.05) is 41.7 Å². The molecule has 0 saturated carbocycles. The first-order valence-corrected chi connectivity index (χ1v) is 16.5. The van der Waals surface area contributed by atoms with E-state index in [-0.39, 0.29) is 19.5 Å². The number of pyridine rings is 3. The molecule has 8 heterocycles. The summed E-state index contributed by atoms with van der Waals surface area (Å²) in [6, 6.07) is 28.5. The van der Waals surface area contributed by atoms with Crippen LogP contribution in [0.25, 0.3) is 90.9 Å². The van der Waals surface area contributed by atoms with E-state index in [4.69, 9.17) is 19.9 Å². The Hall–Kier alpha value is -5.63. The average molecular weight is 760 g/mol. The van der Waals surface area contributed by atoms with Gasteiger partial charge in [-0.3, -0.25) is 15.0 Å². The Morgan fingerprint density at radius 3 is 0.940 bits per heavy atom. The topological polar surface area (TPSA) is 92.7 Å². The number of hydrogen-bond acceptors (Lipinski definition) is 5. The van der Waals surface area contributed by atoms with Crippen LogP contribution < -0.4 is 9.97 Å². The summed E-state index contributed by atoms with van der Waals surface area (Å²) in [6.45, 7) is 0. The molecule has 0 spiro atoms. The third kappa shape index (κ3) is 5.74. The predicted molar refractivity (Wildman–Crippen MR) is 200 cm³/mol.